The Kier molecular flexibility index (Phi) is 40.8. The lowest BCUT2D eigenvalue weighted by Crippen LogP contribution is -2.45. The summed E-state index contributed by atoms with van der Waals surface area (Å²) in [6.07, 6.45) is 1.78. The predicted molar refractivity (Wildman–Crippen MR) is 217 cm³/mol. The van der Waals surface area contributed by atoms with Crippen molar-refractivity contribution in [2.45, 2.75) is 122 Å². The first-order valence-electron chi connectivity index (χ1n) is 18.8. The van der Waals surface area contributed by atoms with E-state index in [1.165, 1.54) is 0 Å². The Morgan fingerprint density at radius 1 is 0.629 bits per heavy atom. The van der Waals surface area contributed by atoms with Gasteiger partial charge in [0.05, 0.1) is 31.0 Å². The third kappa shape index (κ3) is 51.5. The fourth-order valence-corrected chi connectivity index (χ4v) is 7.31. The van der Waals surface area contributed by atoms with Crippen LogP contribution >= 0.6 is 15.0 Å². The van der Waals surface area contributed by atoms with Crippen molar-refractivity contribution in [2.24, 2.45) is 29.0 Å². The van der Waals surface area contributed by atoms with Gasteiger partial charge in [-0.1, -0.05) is 20.3 Å². The highest BCUT2D eigenvalue weighted by Gasteiger charge is 2.26. The number of rotatable bonds is 27. The molecule has 7 atom stereocenters. The van der Waals surface area contributed by atoms with Crippen molar-refractivity contribution < 1.29 is 102 Å². The molecule has 0 spiro atoms. The van der Waals surface area contributed by atoms with Crippen molar-refractivity contribution in [2.75, 3.05) is 25.0 Å². The van der Waals surface area contributed by atoms with Crippen LogP contribution in [0.25, 0.3) is 0 Å². The van der Waals surface area contributed by atoms with E-state index in [4.69, 9.17) is 67.2 Å². The van der Waals surface area contributed by atoms with Crippen molar-refractivity contribution in [1.82, 2.24) is 10.6 Å². The molecule has 0 saturated carbocycles. The molecule has 0 rings (SSSR count). The van der Waals surface area contributed by atoms with Crippen LogP contribution in [-0.4, -0.2) is 148 Å². The van der Waals surface area contributed by atoms with E-state index in [0.29, 0.717) is 38.6 Å². The van der Waals surface area contributed by atoms with Gasteiger partial charge in [-0.2, -0.15) is 9.59 Å². The summed E-state index contributed by atoms with van der Waals surface area (Å²) in [4.78, 5) is 127. The van der Waals surface area contributed by atoms with Gasteiger partial charge >= 0.3 is 49.6 Å². The van der Waals surface area contributed by atoms with Gasteiger partial charge in [0.2, 0.25) is 19.2 Å². The van der Waals surface area contributed by atoms with E-state index in [-0.39, 0.29) is 68.6 Å². The summed E-state index contributed by atoms with van der Waals surface area (Å²) in [5.74, 6) is -8.32. The Hall–Kier alpha value is -4.64. The average Bonchev–Trinajstić information content (AvgIpc) is 3.11. The smallest absolute Gasteiger partial charge is 0.373 e. The zero-order valence-electron chi connectivity index (χ0n) is 35.1. The molecule has 62 heavy (non-hydrogen) atoms. The monoisotopic (exact) mass is 941 g/mol. The van der Waals surface area contributed by atoms with Crippen molar-refractivity contribution in [3.05, 3.63) is 0 Å². The van der Waals surface area contributed by atoms with Crippen molar-refractivity contribution >= 4 is 68.7 Å². The van der Waals surface area contributed by atoms with Crippen LogP contribution in [0.2, 0.25) is 0 Å². The highest BCUT2D eigenvalue weighted by Crippen LogP contribution is 2.43. The minimum absolute atomic E-state index is 0.0327. The zero-order chi connectivity index (χ0) is 49.8. The molecule has 5 unspecified atom stereocenters. The second-order valence-electron chi connectivity index (χ2n) is 13.8. The van der Waals surface area contributed by atoms with Crippen LogP contribution in [0.1, 0.15) is 98.3 Å². The van der Waals surface area contributed by atoms with Gasteiger partial charge in [-0.05, 0) is 58.4 Å². The molecule has 0 fully saturated rings. The number of nitrogens with two attached hydrogens (primary N) is 3. The number of amides is 2. The highest BCUT2D eigenvalue weighted by atomic mass is 31.2. The van der Waals surface area contributed by atoms with E-state index in [1.54, 1.807) is 27.7 Å². The van der Waals surface area contributed by atoms with Crippen molar-refractivity contribution in [1.29, 1.82) is 0 Å². The Labute approximate surface area is 358 Å². The maximum atomic E-state index is 11.6. The van der Waals surface area contributed by atoms with Gasteiger partial charge in [-0.3, -0.25) is 47.5 Å². The first kappa shape index (κ1) is 66.5. The Morgan fingerprint density at radius 2 is 1.06 bits per heavy atom. The molecule has 0 heterocycles. The summed E-state index contributed by atoms with van der Waals surface area (Å²) in [5.41, 5.74) is 15.7. The quantitative estimate of drug-likeness (QED) is 0.0462. The molecule has 0 aromatic carbocycles. The van der Waals surface area contributed by atoms with Crippen LogP contribution in [0.4, 0.5) is 0 Å². The van der Waals surface area contributed by atoms with Gasteiger partial charge in [-0.25, -0.2) is 0 Å². The van der Waals surface area contributed by atoms with Crippen LogP contribution in [-0.2, 0) is 57.1 Å². The fourth-order valence-electron chi connectivity index (χ4n) is 4.38. The number of aliphatic carboxylic acids is 6. The van der Waals surface area contributed by atoms with E-state index in [9.17, 15) is 52.4 Å². The Balaban J connectivity index is -0.000000229. The van der Waals surface area contributed by atoms with E-state index in [2.05, 4.69) is 10.6 Å². The molecule has 26 nitrogen and oxygen atoms in total. The summed E-state index contributed by atoms with van der Waals surface area (Å²) in [5, 5.41) is 55.6. The van der Waals surface area contributed by atoms with Crippen LogP contribution in [0.5, 0.6) is 0 Å². The van der Waals surface area contributed by atoms with E-state index in [0.717, 1.165) is 0 Å². The number of carboxylic acids is 6. The maximum Gasteiger partial charge on any atom is 0.373 e. The summed E-state index contributed by atoms with van der Waals surface area (Å²) in [7, 11) is -7.28. The minimum Gasteiger partial charge on any atom is -0.481 e. The molecule has 362 valence electrons. The zero-order valence-corrected chi connectivity index (χ0v) is 36.9. The summed E-state index contributed by atoms with van der Waals surface area (Å²) < 4.78 is 22.0. The molecule has 2 amide bonds. The molecule has 28 heteroatoms. The van der Waals surface area contributed by atoms with Gasteiger partial charge in [0.25, 0.3) is 0 Å². The molecule has 0 radical (unpaired) electrons. The lowest BCUT2D eigenvalue weighted by molar-refractivity contribution is -0.192. The first-order valence-corrected chi connectivity index (χ1v) is 22.6. The normalized spacial score (nSPS) is 14.2. The minimum atomic E-state index is -4.19. The largest absolute Gasteiger partial charge is 0.481 e. The molecular weight excluding hydrogens is 876 g/mol. The van der Waals surface area contributed by atoms with Gasteiger partial charge in [-0.15, -0.1) is 0 Å². The molecule has 0 aliphatic heterocycles. The second-order valence-corrected chi connectivity index (χ2v) is 18.0. The maximum absolute atomic E-state index is 11.6. The standard InChI is InChI=1S/2C9H16N2O5.C9H20NO4P.C6H13O5P.CO2/c1-5(2-3-8(13)14)11-7(12)4-6(10)9(15)16;1-5(2-3-7(12)13)11-9(16)6(10)4-8(14)15;1-8(3-4-9(11)12)7-15(13,14)6-2-5-10;1-2-3-5(6(7)8)4-12(9,10)11;2-1-3/h5-6H,2-4,10H2,1H3,(H,11,12)(H,13,14)(H,15,16);5-6H,2-4,10H2,1H3,(H,11,16)(H,12,13)(H,14,15);8H,2-7,10H2,1H3,(H,11,12)(H,13,14);5H,2-4H2,1H3,(H,7,8)(H2,9,10,11);/t2*5?,6-;;;/m00.../s1. The van der Waals surface area contributed by atoms with Crippen LogP contribution in [0.3, 0.4) is 0 Å². The van der Waals surface area contributed by atoms with Crippen LogP contribution in [0, 0.1) is 11.8 Å². The molecule has 17 N–H and O–H groups in total. The third-order valence-corrected chi connectivity index (χ3v) is 10.6. The van der Waals surface area contributed by atoms with Gasteiger partial charge in [0, 0.05) is 43.7 Å². The summed E-state index contributed by atoms with van der Waals surface area (Å²) in [6, 6.07) is -3.00. The molecule has 0 aromatic rings. The predicted octanol–water partition coefficient (Wildman–Crippen LogP) is -0.496. The van der Waals surface area contributed by atoms with E-state index >= 15 is 0 Å². The lowest BCUT2D eigenvalue weighted by atomic mass is 10.1. The van der Waals surface area contributed by atoms with Gasteiger partial charge in [0.1, 0.15) is 6.04 Å². The highest BCUT2D eigenvalue weighted by molar-refractivity contribution is 7.58. The fraction of sp³-hybridized carbons (Fsp3) is 0.735. The number of nitrogens with one attached hydrogen (secondary N) is 2. The topological polar surface area (TPSA) is 489 Å². The lowest BCUT2D eigenvalue weighted by Gasteiger charge is -2.15. The molecule has 0 aromatic heterocycles. The van der Waals surface area contributed by atoms with Crippen LogP contribution < -0.4 is 27.8 Å². The third-order valence-electron chi connectivity index (χ3n) is 7.44. The number of carbonyl (C=O) groups is 8. The molecule has 0 aliphatic carbocycles. The second kappa shape index (κ2) is 38.1. The molecule has 0 aliphatic rings. The van der Waals surface area contributed by atoms with Crippen molar-refractivity contribution in [3.8, 4) is 0 Å². The van der Waals surface area contributed by atoms with Gasteiger partial charge < -0.3 is 73.2 Å². The SMILES string of the molecule is CC(CCC(=O)O)CP(=O)(O)CCCN.CC(CCC(=O)O)NC(=O)C[C@H](N)C(=O)O.CC(CCC(=O)O)NC(=O)[C@@H](N)CC(=O)O.CCCC(CP(=O)(O)O)C(=O)O.O=C=O. The molecule has 0 saturated heterocycles. The Morgan fingerprint density at radius 3 is 1.42 bits per heavy atom. The summed E-state index contributed by atoms with van der Waals surface area (Å²) in [6.45, 7) is 7.26. The average molecular weight is 942 g/mol. The number of carboxylic acid groups (broad SMARTS) is 6. The molecule has 0 bridgehead atoms. The van der Waals surface area contributed by atoms with E-state index < -0.39 is 93.2 Å². The molecular formula is C34H65N5O21P2. The van der Waals surface area contributed by atoms with Crippen molar-refractivity contribution in [3.63, 3.8) is 0 Å². The Bertz CT molecular complexity index is 1510. The number of hydrogen-bond acceptors (Lipinski definition) is 15. The number of hydrogen-bond donors (Lipinski definition) is 14. The number of carbonyl (C=O) groups excluding carboxylic acids is 4. The van der Waals surface area contributed by atoms with Gasteiger partial charge in [0.15, 0.2) is 0 Å². The first-order chi connectivity index (χ1) is 28.3. The van der Waals surface area contributed by atoms with Crippen LogP contribution in [0.15, 0.2) is 0 Å². The van der Waals surface area contributed by atoms with E-state index in [1.807, 2.05) is 0 Å². The summed E-state index contributed by atoms with van der Waals surface area (Å²) >= 11 is 0.